The van der Waals surface area contributed by atoms with Gasteiger partial charge in [0.25, 0.3) is 0 Å². The fraction of sp³-hybridized carbons (Fsp3) is 0.571. The zero-order chi connectivity index (χ0) is 14.1. The zero-order valence-electron chi connectivity index (χ0n) is 11.6. The van der Waals surface area contributed by atoms with Gasteiger partial charge in [-0.1, -0.05) is 32.8 Å². The molecule has 0 atom stereocenters. The number of anilines is 1. The van der Waals surface area contributed by atoms with Crippen LogP contribution in [0.4, 0.5) is 11.4 Å². The maximum absolute atomic E-state index is 11.2. The Morgan fingerprint density at radius 1 is 1.26 bits per heavy atom. The first-order chi connectivity index (χ1) is 9.20. The van der Waals surface area contributed by atoms with Crippen molar-refractivity contribution >= 4 is 11.4 Å². The first-order valence-electron chi connectivity index (χ1n) is 6.84. The lowest BCUT2D eigenvalue weighted by Crippen LogP contribution is -2.06. The van der Waals surface area contributed by atoms with E-state index in [1.165, 1.54) is 0 Å². The summed E-state index contributed by atoms with van der Waals surface area (Å²) in [7, 11) is 0. The Kier molecular flexibility index (Phi) is 6.71. The van der Waals surface area contributed by atoms with Crippen LogP contribution in [0, 0.1) is 10.1 Å². The fourth-order valence-electron chi connectivity index (χ4n) is 1.76. The number of unbranched alkanes of at least 4 members (excludes halogenated alkanes) is 2. The maximum Gasteiger partial charge on any atom is 0.333 e. The predicted molar refractivity (Wildman–Crippen MR) is 76.9 cm³/mol. The molecule has 0 heterocycles. The topological polar surface area (TPSA) is 64.4 Å². The standard InChI is InChI=1S/C14H22N2O3/c1-3-5-6-11-19-13-9-7-8-12(15-10-4-2)14(13)16(17)18/h7-9,15H,3-6,10-11H2,1-2H3. The Hall–Kier alpha value is -1.78. The Morgan fingerprint density at radius 3 is 2.68 bits per heavy atom. The summed E-state index contributed by atoms with van der Waals surface area (Å²) in [5, 5.41) is 14.2. The molecule has 0 unspecified atom stereocenters. The van der Waals surface area contributed by atoms with E-state index in [9.17, 15) is 10.1 Å². The highest BCUT2D eigenvalue weighted by molar-refractivity contribution is 5.68. The molecule has 1 aromatic rings. The van der Waals surface area contributed by atoms with E-state index in [0.717, 1.165) is 25.7 Å². The van der Waals surface area contributed by atoms with Gasteiger partial charge in [0, 0.05) is 6.54 Å². The maximum atomic E-state index is 11.2. The monoisotopic (exact) mass is 266 g/mol. The van der Waals surface area contributed by atoms with Crippen molar-refractivity contribution < 1.29 is 9.66 Å². The van der Waals surface area contributed by atoms with Crippen molar-refractivity contribution in [3.63, 3.8) is 0 Å². The molecule has 5 nitrogen and oxygen atoms in total. The summed E-state index contributed by atoms with van der Waals surface area (Å²) in [6, 6.07) is 5.15. The van der Waals surface area contributed by atoms with Crippen LogP contribution in [0.2, 0.25) is 0 Å². The number of rotatable bonds is 9. The van der Waals surface area contributed by atoms with Crippen LogP contribution < -0.4 is 10.1 Å². The molecule has 0 bridgehead atoms. The van der Waals surface area contributed by atoms with Crippen LogP contribution in [-0.2, 0) is 0 Å². The van der Waals surface area contributed by atoms with Gasteiger partial charge in [0.1, 0.15) is 5.69 Å². The molecular formula is C14H22N2O3. The van der Waals surface area contributed by atoms with Gasteiger partial charge in [-0.05, 0) is 25.0 Å². The lowest BCUT2D eigenvalue weighted by Gasteiger charge is -2.10. The van der Waals surface area contributed by atoms with Gasteiger partial charge in [-0.2, -0.15) is 0 Å². The molecule has 0 saturated heterocycles. The van der Waals surface area contributed by atoms with Crippen LogP contribution in [0.3, 0.4) is 0 Å². The Balaban J connectivity index is 2.80. The van der Waals surface area contributed by atoms with Crippen LogP contribution in [0.5, 0.6) is 5.75 Å². The normalized spacial score (nSPS) is 10.2. The molecule has 5 heteroatoms. The fourth-order valence-corrected chi connectivity index (χ4v) is 1.76. The summed E-state index contributed by atoms with van der Waals surface area (Å²) in [6.07, 6.45) is 4.00. The largest absolute Gasteiger partial charge is 0.487 e. The Bertz CT molecular complexity index is 408. The summed E-state index contributed by atoms with van der Waals surface area (Å²) < 4.78 is 5.54. The highest BCUT2D eigenvalue weighted by atomic mass is 16.6. The van der Waals surface area contributed by atoms with E-state index in [1.54, 1.807) is 18.2 Å². The average molecular weight is 266 g/mol. The van der Waals surface area contributed by atoms with Gasteiger partial charge in [-0.3, -0.25) is 10.1 Å². The molecule has 0 aliphatic rings. The van der Waals surface area contributed by atoms with Crippen molar-refractivity contribution in [3.8, 4) is 5.75 Å². The van der Waals surface area contributed by atoms with E-state index in [2.05, 4.69) is 12.2 Å². The SMILES string of the molecule is CCCCCOc1cccc(NCCC)c1[N+](=O)[O-]. The molecule has 0 aromatic heterocycles. The third-order valence-corrected chi connectivity index (χ3v) is 2.75. The van der Waals surface area contributed by atoms with E-state index in [0.29, 0.717) is 24.6 Å². The van der Waals surface area contributed by atoms with Gasteiger partial charge in [0.05, 0.1) is 11.5 Å². The Labute approximate surface area is 114 Å². The Morgan fingerprint density at radius 2 is 2.05 bits per heavy atom. The second-order valence-electron chi connectivity index (χ2n) is 4.39. The smallest absolute Gasteiger partial charge is 0.333 e. The molecule has 0 aliphatic carbocycles. The quantitative estimate of drug-likeness (QED) is 0.417. The highest BCUT2D eigenvalue weighted by Crippen LogP contribution is 2.34. The molecule has 19 heavy (non-hydrogen) atoms. The second kappa shape index (κ2) is 8.34. The first kappa shape index (κ1) is 15.3. The van der Waals surface area contributed by atoms with Crippen LogP contribution in [-0.4, -0.2) is 18.1 Å². The summed E-state index contributed by atoms with van der Waals surface area (Å²) in [5.41, 5.74) is 0.562. The number of ether oxygens (including phenoxy) is 1. The van der Waals surface area contributed by atoms with Crippen LogP contribution in [0.25, 0.3) is 0 Å². The average Bonchev–Trinajstić information content (AvgIpc) is 2.41. The lowest BCUT2D eigenvalue weighted by molar-refractivity contribution is -0.385. The van der Waals surface area contributed by atoms with Gasteiger partial charge < -0.3 is 10.1 Å². The number of hydrogen-bond acceptors (Lipinski definition) is 4. The minimum atomic E-state index is -0.382. The van der Waals surface area contributed by atoms with E-state index >= 15 is 0 Å². The second-order valence-corrected chi connectivity index (χ2v) is 4.39. The molecular weight excluding hydrogens is 244 g/mol. The van der Waals surface area contributed by atoms with Crippen molar-refractivity contribution in [1.82, 2.24) is 0 Å². The van der Waals surface area contributed by atoms with Gasteiger partial charge in [0.2, 0.25) is 0 Å². The van der Waals surface area contributed by atoms with Gasteiger partial charge in [0.15, 0.2) is 5.75 Å². The summed E-state index contributed by atoms with van der Waals surface area (Å²) in [6.45, 7) is 5.35. The third kappa shape index (κ3) is 4.77. The number of nitro groups is 1. The summed E-state index contributed by atoms with van der Waals surface area (Å²) >= 11 is 0. The highest BCUT2D eigenvalue weighted by Gasteiger charge is 2.20. The molecule has 0 amide bonds. The van der Waals surface area contributed by atoms with Crippen molar-refractivity contribution in [1.29, 1.82) is 0 Å². The zero-order valence-corrected chi connectivity index (χ0v) is 11.6. The van der Waals surface area contributed by atoms with Crippen molar-refractivity contribution in [2.45, 2.75) is 39.5 Å². The van der Waals surface area contributed by atoms with Crippen LogP contribution in [0.15, 0.2) is 18.2 Å². The molecule has 0 radical (unpaired) electrons. The number of nitrogens with one attached hydrogen (secondary N) is 1. The molecule has 0 saturated carbocycles. The number of benzene rings is 1. The van der Waals surface area contributed by atoms with E-state index in [-0.39, 0.29) is 10.6 Å². The molecule has 0 aliphatic heterocycles. The molecule has 0 fully saturated rings. The number of nitrogens with zero attached hydrogens (tertiary/aromatic N) is 1. The van der Waals surface area contributed by atoms with Gasteiger partial charge in [-0.15, -0.1) is 0 Å². The minimum Gasteiger partial charge on any atom is -0.487 e. The van der Waals surface area contributed by atoms with Gasteiger partial charge in [-0.25, -0.2) is 0 Å². The minimum absolute atomic E-state index is 0.0347. The number of nitro benzene ring substituents is 1. The number of hydrogen-bond donors (Lipinski definition) is 1. The first-order valence-corrected chi connectivity index (χ1v) is 6.84. The van der Waals surface area contributed by atoms with Crippen LogP contribution in [0.1, 0.15) is 39.5 Å². The summed E-state index contributed by atoms with van der Waals surface area (Å²) in [4.78, 5) is 10.8. The molecule has 1 rings (SSSR count). The van der Waals surface area contributed by atoms with Crippen molar-refractivity contribution in [2.75, 3.05) is 18.5 Å². The van der Waals surface area contributed by atoms with E-state index < -0.39 is 0 Å². The molecule has 106 valence electrons. The predicted octanol–water partition coefficient (Wildman–Crippen LogP) is 3.99. The molecule has 1 aromatic carbocycles. The van der Waals surface area contributed by atoms with E-state index in [4.69, 9.17) is 4.74 Å². The van der Waals surface area contributed by atoms with Crippen molar-refractivity contribution in [3.05, 3.63) is 28.3 Å². The summed E-state index contributed by atoms with van der Waals surface area (Å²) in [5.74, 6) is 0.349. The third-order valence-electron chi connectivity index (χ3n) is 2.75. The number of para-hydroxylation sites is 1. The van der Waals surface area contributed by atoms with Crippen molar-refractivity contribution in [2.24, 2.45) is 0 Å². The van der Waals surface area contributed by atoms with Crippen LogP contribution >= 0.6 is 0 Å². The lowest BCUT2D eigenvalue weighted by atomic mass is 10.2. The van der Waals surface area contributed by atoms with E-state index in [1.807, 2.05) is 6.92 Å². The van der Waals surface area contributed by atoms with Gasteiger partial charge >= 0.3 is 5.69 Å². The molecule has 1 N–H and O–H groups in total. The molecule has 0 spiro atoms.